The Labute approximate surface area is 126 Å². The molecule has 3 rings (SSSR count). The monoisotopic (exact) mass is 297 g/mol. The molecule has 2 aromatic heterocycles. The molecule has 0 spiro atoms. The van der Waals surface area contributed by atoms with Gasteiger partial charge in [0.15, 0.2) is 0 Å². The number of carboxylic acids is 1. The fourth-order valence-corrected chi connectivity index (χ4v) is 3.45. The molecule has 1 aromatic carbocycles. The van der Waals surface area contributed by atoms with Gasteiger partial charge in [0.05, 0.1) is 21.7 Å². The summed E-state index contributed by atoms with van der Waals surface area (Å²) in [5, 5.41) is 12.3. The number of benzene rings is 1. The van der Waals surface area contributed by atoms with Crippen molar-refractivity contribution < 1.29 is 9.90 Å². The molecule has 0 saturated carbocycles. The third-order valence-electron chi connectivity index (χ3n) is 3.70. The Hall–Kier alpha value is -2.20. The van der Waals surface area contributed by atoms with E-state index in [9.17, 15) is 9.90 Å². The van der Waals surface area contributed by atoms with Crippen molar-refractivity contribution in [3.05, 3.63) is 51.9 Å². The van der Waals surface area contributed by atoms with Gasteiger partial charge in [0, 0.05) is 5.39 Å². The van der Waals surface area contributed by atoms with E-state index in [-0.39, 0.29) is 0 Å². The summed E-state index contributed by atoms with van der Waals surface area (Å²) in [6.07, 6.45) is 0. The second kappa shape index (κ2) is 4.97. The quantitative estimate of drug-likeness (QED) is 0.752. The summed E-state index contributed by atoms with van der Waals surface area (Å²) < 4.78 is 0. The number of aryl methyl sites for hydroxylation is 3. The SMILES string of the molecule is Cc1ccsc1-c1cc(C(=O)O)c2c(C)ccc(C)c2n1. The normalized spacial score (nSPS) is 11.0. The Morgan fingerprint density at radius 2 is 1.81 bits per heavy atom. The van der Waals surface area contributed by atoms with Gasteiger partial charge in [-0.05, 0) is 55.0 Å². The van der Waals surface area contributed by atoms with Crippen LogP contribution in [0.15, 0.2) is 29.6 Å². The minimum Gasteiger partial charge on any atom is -0.478 e. The van der Waals surface area contributed by atoms with Crippen molar-refractivity contribution in [3.8, 4) is 10.6 Å². The van der Waals surface area contributed by atoms with Crippen LogP contribution in [-0.4, -0.2) is 16.1 Å². The van der Waals surface area contributed by atoms with Crippen LogP contribution in [0.4, 0.5) is 0 Å². The van der Waals surface area contributed by atoms with E-state index in [0.29, 0.717) is 5.56 Å². The van der Waals surface area contributed by atoms with Gasteiger partial charge in [-0.15, -0.1) is 11.3 Å². The molecular formula is C17H15NO2S. The smallest absolute Gasteiger partial charge is 0.336 e. The lowest BCUT2D eigenvalue weighted by Gasteiger charge is -2.11. The van der Waals surface area contributed by atoms with E-state index in [0.717, 1.165) is 38.2 Å². The molecular weight excluding hydrogens is 282 g/mol. The summed E-state index contributed by atoms with van der Waals surface area (Å²) in [6.45, 7) is 5.90. The van der Waals surface area contributed by atoms with E-state index >= 15 is 0 Å². The first-order valence-corrected chi connectivity index (χ1v) is 7.55. The molecule has 0 amide bonds. The molecule has 106 valence electrons. The molecule has 0 saturated heterocycles. The summed E-state index contributed by atoms with van der Waals surface area (Å²) in [4.78, 5) is 17.4. The van der Waals surface area contributed by atoms with Crippen LogP contribution in [0.25, 0.3) is 21.5 Å². The molecule has 0 aliphatic rings. The zero-order chi connectivity index (χ0) is 15.1. The number of pyridine rings is 1. The summed E-state index contributed by atoms with van der Waals surface area (Å²) in [7, 11) is 0. The summed E-state index contributed by atoms with van der Waals surface area (Å²) in [6, 6.07) is 7.65. The van der Waals surface area contributed by atoms with Crippen LogP contribution in [0.5, 0.6) is 0 Å². The highest BCUT2D eigenvalue weighted by molar-refractivity contribution is 7.13. The van der Waals surface area contributed by atoms with E-state index in [1.54, 1.807) is 17.4 Å². The van der Waals surface area contributed by atoms with Gasteiger partial charge in [0.2, 0.25) is 0 Å². The summed E-state index contributed by atoms with van der Waals surface area (Å²) in [5.74, 6) is -0.911. The minimum absolute atomic E-state index is 0.323. The average molecular weight is 297 g/mol. The maximum Gasteiger partial charge on any atom is 0.336 e. The highest BCUT2D eigenvalue weighted by atomic mass is 32.1. The van der Waals surface area contributed by atoms with E-state index in [2.05, 4.69) is 0 Å². The van der Waals surface area contributed by atoms with Crippen molar-refractivity contribution in [2.24, 2.45) is 0 Å². The summed E-state index contributed by atoms with van der Waals surface area (Å²) in [5.41, 5.74) is 4.89. The zero-order valence-corrected chi connectivity index (χ0v) is 12.9. The van der Waals surface area contributed by atoms with Crippen LogP contribution in [0.1, 0.15) is 27.0 Å². The van der Waals surface area contributed by atoms with E-state index < -0.39 is 5.97 Å². The number of nitrogens with zero attached hydrogens (tertiary/aromatic N) is 1. The van der Waals surface area contributed by atoms with Crippen LogP contribution in [-0.2, 0) is 0 Å². The lowest BCUT2D eigenvalue weighted by molar-refractivity contribution is 0.0699. The first kappa shape index (κ1) is 13.8. The Kier molecular flexibility index (Phi) is 3.26. The molecule has 1 N–H and O–H groups in total. The molecule has 21 heavy (non-hydrogen) atoms. The summed E-state index contributed by atoms with van der Waals surface area (Å²) >= 11 is 1.59. The second-order valence-electron chi connectivity index (χ2n) is 5.22. The highest BCUT2D eigenvalue weighted by Gasteiger charge is 2.17. The molecule has 2 heterocycles. The van der Waals surface area contributed by atoms with Crippen molar-refractivity contribution in [1.82, 2.24) is 4.98 Å². The van der Waals surface area contributed by atoms with Gasteiger partial charge in [-0.2, -0.15) is 0 Å². The lowest BCUT2D eigenvalue weighted by Crippen LogP contribution is -2.02. The van der Waals surface area contributed by atoms with Crippen LogP contribution in [0.3, 0.4) is 0 Å². The van der Waals surface area contributed by atoms with Gasteiger partial charge in [0.25, 0.3) is 0 Å². The number of aromatic nitrogens is 1. The largest absolute Gasteiger partial charge is 0.478 e. The van der Waals surface area contributed by atoms with Gasteiger partial charge in [-0.3, -0.25) is 0 Å². The maximum atomic E-state index is 11.7. The number of fused-ring (bicyclic) bond motifs is 1. The fourth-order valence-electron chi connectivity index (χ4n) is 2.56. The number of aromatic carboxylic acids is 1. The topological polar surface area (TPSA) is 50.2 Å². The van der Waals surface area contributed by atoms with Crippen molar-refractivity contribution >= 4 is 28.2 Å². The number of hydrogen-bond acceptors (Lipinski definition) is 3. The van der Waals surface area contributed by atoms with Crippen LogP contribution in [0, 0.1) is 20.8 Å². The number of hydrogen-bond donors (Lipinski definition) is 1. The van der Waals surface area contributed by atoms with Gasteiger partial charge >= 0.3 is 5.97 Å². The standard InChI is InChI=1S/C17H15NO2S/c1-9-4-5-10(2)15-14(9)12(17(19)20)8-13(18-15)16-11(3)6-7-21-16/h4-8H,1-3H3,(H,19,20). The van der Waals surface area contributed by atoms with Crippen LogP contribution >= 0.6 is 11.3 Å². The third kappa shape index (κ3) is 2.21. The predicted molar refractivity (Wildman–Crippen MR) is 86.2 cm³/mol. The van der Waals surface area contributed by atoms with E-state index in [4.69, 9.17) is 4.98 Å². The molecule has 0 bridgehead atoms. The van der Waals surface area contributed by atoms with E-state index in [1.807, 2.05) is 44.4 Å². The molecule has 0 atom stereocenters. The number of carbonyl (C=O) groups is 1. The van der Waals surface area contributed by atoms with Crippen LogP contribution in [0.2, 0.25) is 0 Å². The van der Waals surface area contributed by atoms with Crippen molar-refractivity contribution in [2.75, 3.05) is 0 Å². The molecule has 0 aliphatic carbocycles. The molecule has 0 fully saturated rings. The fraction of sp³-hybridized carbons (Fsp3) is 0.176. The molecule has 0 aliphatic heterocycles. The Bertz CT molecular complexity index is 865. The Morgan fingerprint density at radius 3 is 2.43 bits per heavy atom. The number of carboxylic acid groups (broad SMARTS) is 1. The third-order valence-corrected chi connectivity index (χ3v) is 4.73. The number of thiophene rings is 1. The maximum absolute atomic E-state index is 11.7. The number of rotatable bonds is 2. The molecule has 3 aromatic rings. The highest BCUT2D eigenvalue weighted by Crippen LogP contribution is 2.33. The molecule has 4 heteroatoms. The van der Waals surface area contributed by atoms with Crippen molar-refractivity contribution in [3.63, 3.8) is 0 Å². The first-order chi connectivity index (χ1) is 9.99. The Balaban J connectivity index is 2.43. The van der Waals surface area contributed by atoms with Crippen molar-refractivity contribution in [1.29, 1.82) is 0 Å². The molecule has 3 nitrogen and oxygen atoms in total. The van der Waals surface area contributed by atoms with Gasteiger partial charge in [-0.25, -0.2) is 9.78 Å². The second-order valence-corrected chi connectivity index (χ2v) is 6.13. The predicted octanol–water partition coefficient (Wildman–Crippen LogP) is 4.59. The van der Waals surface area contributed by atoms with Gasteiger partial charge < -0.3 is 5.11 Å². The zero-order valence-electron chi connectivity index (χ0n) is 12.1. The average Bonchev–Trinajstić information content (AvgIpc) is 2.88. The minimum atomic E-state index is -0.911. The molecule has 0 radical (unpaired) electrons. The van der Waals surface area contributed by atoms with Gasteiger partial charge in [-0.1, -0.05) is 12.1 Å². The first-order valence-electron chi connectivity index (χ1n) is 6.67. The van der Waals surface area contributed by atoms with Gasteiger partial charge in [0.1, 0.15) is 0 Å². The van der Waals surface area contributed by atoms with Crippen LogP contribution < -0.4 is 0 Å². The lowest BCUT2D eigenvalue weighted by atomic mass is 9.99. The van der Waals surface area contributed by atoms with Crippen molar-refractivity contribution in [2.45, 2.75) is 20.8 Å². The Morgan fingerprint density at radius 1 is 1.10 bits per heavy atom. The van der Waals surface area contributed by atoms with E-state index in [1.165, 1.54) is 0 Å². The molecule has 0 unspecified atom stereocenters.